The van der Waals surface area contributed by atoms with Gasteiger partial charge in [0.15, 0.2) is 18.9 Å². The van der Waals surface area contributed by atoms with Gasteiger partial charge in [0, 0.05) is 6.42 Å². The Labute approximate surface area is 668 Å². The average molecular weight is 1560 g/mol. The predicted octanol–water partition coefficient (Wildman–Crippen LogP) is 17.1. The number of amides is 1. The molecule has 3 aliphatic heterocycles. The Hall–Kier alpha value is -2.77. The van der Waals surface area contributed by atoms with Crippen molar-refractivity contribution in [3.63, 3.8) is 0 Å². The van der Waals surface area contributed by atoms with E-state index in [1.165, 1.54) is 250 Å². The minimum atomic E-state index is -1.97. The lowest BCUT2D eigenvalue weighted by atomic mass is 9.96. The Morgan fingerprint density at radius 2 is 0.627 bits per heavy atom. The maximum Gasteiger partial charge on any atom is 0.220 e. The summed E-state index contributed by atoms with van der Waals surface area (Å²) in [7, 11) is 0. The zero-order valence-electron chi connectivity index (χ0n) is 69.2. The number of ether oxygens (including phenoxy) is 6. The topological polar surface area (TPSA) is 307 Å². The van der Waals surface area contributed by atoms with Crippen molar-refractivity contribution in [3.05, 3.63) is 72.9 Å². The summed E-state index contributed by atoms with van der Waals surface area (Å²) in [6, 6.07) is -0.890. The third kappa shape index (κ3) is 48.7. The van der Waals surface area contributed by atoms with E-state index in [1.54, 1.807) is 0 Å². The highest BCUT2D eigenvalue weighted by molar-refractivity contribution is 5.76. The van der Waals surface area contributed by atoms with Gasteiger partial charge in [-0.05, 0) is 64.2 Å². The van der Waals surface area contributed by atoms with Crippen LogP contribution < -0.4 is 5.32 Å². The molecule has 0 bridgehead atoms. The molecule has 642 valence electrons. The van der Waals surface area contributed by atoms with Gasteiger partial charge >= 0.3 is 0 Å². The van der Waals surface area contributed by atoms with E-state index >= 15 is 0 Å². The van der Waals surface area contributed by atoms with E-state index < -0.39 is 124 Å². The highest BCUT2D eigenvalue weighted by atomic mass is 16.8. The molecule has 0 aromatic rings. The summed E-state index contributed by atoms with van der Waals surface area (Å²) in [6.45, 7) is 1.74. The molecule has 3 heterocycles. The molecule has 19 nitrogen and oxygen atoms in total. The summed E-state index contributed by atoms with van der Waals surface area (Å²) in [6.07, 6.45) is 67.2. The van der Waals surface area contributed by atoms with Crippen LogP contribution in [0.2, 0.25) is 0 Å². The summed E-state index contributed by atoms with van der Waals surface area (Å²) in [4.78, 5) is 13.5. The van der Waals surface area contributed by atoms with E-state index in [9.17, 15) is 61.0 Å². The zero-order valence-corrected chi connectivity index (χ0v) is 69.2. The van der Waals surface area contributed by atoms with Gasteiger partial charge in [0.05, 0.1) is 38.6 Å². The quantitative estimate of drug-likeness (QED) is 0.0199. The van der Waals surface area contributed by atoms with Crippen molar-refractivity contribution in [2.45, 2.75) is 471 Å². The van der Waals surface area contributed by atoms with Gasteiger partial charge in [-0.3, -0.25) is 4.79 Å². The number of carbonyl (C=O) groups excluding carboxylic acids is 1. The fraction of sp³-hybridized carbons (Fsp3) is 0.857. The van der Waals surface area contributed by atoms with Gasteiger partial charge in [-0.2, -0.15) is 0 Å². The molecule has 3 fully saturated rings. The van der Waals surface area contributed by atoms with Crippen molar-refractivity contribution in [2.24, 2.45) is 0 Å². The van der Waals surface area contributed by atoms with Gasteiger partial charge in [-0.1, -0.05) is 369 Å². The number of hydrogen-bond donors (Lipinski definition) is 12. The van der Waals surface area contributed by atoms with Crippen molar-refractivity contribution >= 4 is 5.91 Å². The lowest BCUT2D eigenvalue weighted by Gasteiger charge is -2.48. The van der Waals surface area contributed by atoms with E-state index in [4.69, 9.17) is 28.4 Å². The molecule has 110 heavy (non-hydrogen) atoms. The minimum absolute atomic E-state index is 0.237. The zero-order chi connectivity index (χ0) is 79.5. The second-order valence-corrected chi connectivity index (χ2v) is 32.0. The highest BCUT2D eigenvalue weighted by Gasteiger charge is 2.54. The molecule has 0 spiro atoms. The van der Waals surface area contributed by atoms with E-state index in [2.05, 4.69) is 92.1 Å². The largest absolute Gasteiger partial charge is 0.394 e. The Kier molecular flexibility index (Phi) is 64.9. The van der Waals surface area contributed by atoms with Crippen molar-refractivity contribution in [1.82, 2.24) is 5.32 Å². The van der Waals surface area contributed by atoms with Crippen molar-refractivity contribution in [3.8, 4) is 0 Å². The number of allylic oxidation sites excluding steroid dienone is 12. The first-order valence-corrected chi connectivity index (χ1v) is 45.2. The van der Waals surface area contributed by atoms with Gasteiger partial charge in [0.2, 0.25) is 5.91 Å². The molecule has 3 aliphatic rings. The monoisotopic (exact) mass is 1560 g/mol. The number of nitrogens with one attached hydrogen (secondary N) is 1. The molecular weight excluding hydrogens is 1390 g/mol. The van der Waals surface area contributed by atoms with Gasteiger partial charge < -0.3 is 89.9 Å². The van der Waals surface area contributed by atoms with Gasteiger partial charge in [0.1, 0.15) is 73.2 Å². The van der Waals surface area contributed by atoms with Gasteiger partial charge in [-0.25, -0.2) is 0 Å². The minimum Gasteiger partial charge on any atom is -0.394 e. The number of carbonyl (C=O) groups is 1. The summed E-state index contributed by atoms with van der Waals surface area (Å²) in [5.74, 6) is -0.237. The van der Waals surface area contributed by atoms with E-state index in [0.717, 1.165) is 83.5 Å². The van der Waals surface area contributed by atoms with Crippen LogP contribution >= 0.6 is 0 Å². The first-order chi connectivity index (χ1) is 53.8. The normalized spacial score (nSPS) is 25.5. The number of unbranched alkanes of at least 4 members (excludes halogenated alkanes) is 45. The molecular formula is C91H165NO18. The fourth-order valence-electron chi connectivity index (χ4n) is 15.1. The highest BCUT2D eigenvalue weighted by Crippen LogP contribution is 2.34. The maximum absolute atomic E-state index is 13.5. The second kappa shape index (κ2) is 70.4. The molecule has 3 saturated heterocycles. The average Bonchev–Trinajstić information content (AvgIpc) is 0.780. The van der Waals surface area contributed by atoms with Crippen LogP contribution in [0.4, 0.5) is 0 Å². The van der Waals surface area contributed by atoms with E-state index in [0.29, 0.717) is 12.8 Å². The van der Waals surface area contributed by atoms with Crippen molar-refractivity contribution in [2.75, 3.05) is 26.4 Å². The van der Waals surface area contributed by atoms with Crippen molar-refractivity contribution in [1.29, 1.82) is 0 Å². The predicted molar refractivity (Wildman–Crippen MR) is 443 cm³/mol. The molecule has 0 aromatic heterocycles. The first-order valence-electron chi connectivity index (χ1n) is 45.2. The number of aliphatic hydroxyl groups is 11. The standard InChI is InChI=1S/C91H165NO18/c1-3-5-7-9-11-13-15-17-19-21-23-25-27-29-31-32-33-34-35-36-37-38-39-40-41-42-43-45-47-49-51-53-55-57-59-61-63-65-67-69-79(97)92-74(75(96)68-66-64-62-60-58-56-54-52-50-48-46-44-30-28-26-24-22-20-18-16-14-12-10-8-6-4-2)73-105-89-85(103)82(100)87(77(71-94)107-89)110-91-86(104)83(101)88(78(72-95)108-91)109-90-84(102)81(99)80(98)76(70-93)106-90/h5,7,11,13,17,19,23,25,29,31,33-34,74-78,80-91,93-96,98-104H,3-4,6,8-10,12,14-16,18,20-22,24,26-28,30,32,35-73H2,1-2H3,(H,92,97)/b7-5-,13-11-,19-17-,25-23-,31-29-,34-33-. The van der Waals surface area contributed by atoms with Crippen LogP contribution in [0.5, 0.6) is 0 Å². The van der Waals surface area contributed by atoms with Crippen molar-refractivity contribution < 1.29 is 89.4 Å². The second-order valence-electron chi connectivity index (χ2n) is 32.0. The molecule has 17 atom stereocenters. The Morgan fingerprint density at radius 1 is 0.336 bits per heavy atom. The first kappa shape index (κ1) is 101. The number of hydrogen-bond acceptors (Lipinski definition) is 18. The van der Waals surface area contributed by atoms with Gasteiger partial charge in [0.25, 0.3) is 0 Å². The van der Waals surface area contributed by atoms with Crippen LogP contribution in [0.3, 0.4) is 0 Å². The summed E-state index contributed by atoms with van der Waals surface area (Å²) >= 11 is 0. The summed E-state index contributed by atoms with van der Waals surface area (Å²) in [5, 5.41) is 121. The Morgan fingerprint density at radius 3 is 0.982 bits per heavy atom. The van der Waals surface area contributed by atoms with Crippen LogP contribution in [-0.4, -0.2) is 193 Å². The molecule has 0 aliphatic carbocycles. The molecule has 3 rings (SSSR count). The smallest absolute Gasteiger partial charge is 0.220 e. The number of rotatable bonds is 73. The van der Waals surface area contributed by atoms with Crippen LogP contribution in [0.25, 0.3) is 0 Å². The van der Waals surface area contributed by atoms with Crippen LogP contribution in [0, 0.1) is 0 Å². The molecule has 0 radical (unpaired) electrons. The molecule has 12 N–H and O–H groups in total. The molecule has 17 unspecified atom stereocenters. The number of aliphatic hydroxyl groups excluding tert-OH is 11. The lowest BCUT2D eigenvalue weighted by molar-refractivity contribution is -0.379. The fourth-order valence-corrected chi connectivity index (χ4v) is 15.1. The van der Waals surface area contributed by atoms with Gasteiger partial charge in [-0.15, -0.1) is 0 Å². The van der Waals surface area contributed by atoms with Crippen LogP contribution in [-0.2, 0) is 33.2 Å². The van der Waals surface area contributed by atoms with E-state index in [1.807, 2.05) is 0 Å². The molecule has 1 amide bonds. The third-order valence-corrected chi connectivity index (χ3v) is 22.3. The summed E-state index contributed by atoms with van der Waals surface area (Å²) < 4.78 is 34.6. The SMILES string of the molecule is CC/C=C\C/C=C\C/C=C\C/C=C\C/C=C\C/C=C\CCCCCCCCCCCCCCCCCCCCCCC(=O)NC(COC1OC(CO)C(OC2OC(CO)C(OC3OC(CO)C(O)C(O)C3O)C(O)C2O)C(O)C1O)C(O)CCCCCCCCCCCCCCCCCCCCCCCCCCCC. The third-order valence-electron chi connectivity index (χ3n) is 22.3. The molecule has 0 aromatic carbocycles. The maximum atomic E-state index is 13.5. The van der Waals surface area contributed by atoms with Crippen LogP contribution in [0.1, 0.15) is 367 Å². The molecule has 19 heteroatoms. The molecule has 0 saturated carbocycles. The Balaban J connectivity index is 1.30. The van der Waals surface area contributed by atoms with E-state index in [-0.39, 0.29) is 18.9 Å². The summed E-state index contributed by atoms with van der Waals surface area (Å²) in [5.41, 5.74) is 0. The lowest BCUT2D eigenvalue weighted by Crippen LogP contribution is -2.66. The van der Waals surface area contributed by atoms with Crippen LogP contribution in [0.15, 0.2) is 72.9 Å². The Bertz CT molecular complexity index is 2270.